The summed E-state index contributed by atoms with van der Waals surface area (Å²) in [6.07, 6.45) is 0. The van der Waals surface area contributed by atoms with Crippen molar-refractivity contribution in [3.05, 3.63) is 75.6 Å². The molecule has 1 aromatic heterocycles. The van der Waals surface area contributed by atoms with Crippen LogP contribution in [0.1, 0.15) is 39.5 Å². The van der Waals surface area contributed by atoms with Crippen LogP contribution in [0.3, 0.4) is 0 Å². The van der Waals surface area contributed by atoms with Gasteiger partial charge in [-0.25, -0.2) is 9.37 Å². The Labute approximate surface area is 203 Å². The lowest BCUT2D eigenvalue weighted by atomic mass is 9.95. The lowest BCUT2D eigenvalue weighted by Gasteiger charge is -2.23. The molecule has 178 valence electrons. The number of ether oxygens (including phenoxy) is 2. The van der Waals surface area contributed by atoms with Crippen LogP contribution in [0.4, 0.5) is 9.52 Å². The van der Waals surface area contributed by atoms with E-state index >= 15 is 4.39 Å². The molecule has 0 bridgehead atoms. The minimum atomic E-state index is -1.30. The molecule has 5 rings (SSSR count). The van der Waals surface area contributed by atoms with Crippen molar-refractivity contribution < 1.29 is 33.4 Å². The van der Waals surface area contributed by atoms with Crippen molar-refractivity contribution in [1.29, 1.82) is 0 Å². The number of nitrogens with zero attached hydrogens (tertiary/aromatic N) is 2. The SMILES string of the molecule is CC(=O)c1sc(N2C(=O)C(=O)/C(=C(/O)c3ccc4c(c3)OCCO4)C2c2ccccc2F)nc1C. The average molecular weight is 495 g/mol. The van der Waals surface area contributed by atoms with Crippen molar-refractivity contribution in [1.82, 2.24) is 4.98 Å². The van der Waals surface area contributed by atoms with Crippen LogP contribution in [-0.2, 0) is 9.59 Å². The Balaban J connectivity index is 1.71. The number of fused-ring (bicyclic) bond motifs is 1. The molecule has 0 spiro atoms. The van der Waals surface area contributed by atoms with Gasteiger partial charge in [0.15, 0.2) is 22.4 Å². The van der Waals surface area contributed by atoms with Crippen LogP contribution in [0.15, 0.2) is 48.0 Å². The zero-order valence-electron chi connectivity index (χ0n) is 18.7. The van der Waals surface area contributed by atoms with Crippen molar-refractivity contribution in [3.63, 3.8) is 0 Å². The predicted molar refractivity (Wildman–Crippen MR) is 125 cm³/mol. The Morgan fingerprint density at radius 2 is 1.86 bits per heavy atom. The van der Waals surface area contributed by atoms with E-state index < -0.39 is 29.3 Å². The van der Waals surface area contributed by atoms with Crippen LogP contribution < -0.4 is 14.4 Å². The van der Waals surface area contributed by atoms with Gasteiger partial charge in [0.05, 0.1) is 16.1 Å². The van der Waals surface area contributed by atoms with Crippen molar-refractivity contribution >= 4 is 39.7 Å². The first-order valence-electron chi connectivity index (χ1n) is 10.7. The zero-order valence-corrected chi connectivity index (χ0v) is 19.5. The molecule has 1 amide bonds. The number of halogens is 1. The van der Waals surface area contributed by atoms with Gasteiger partial charge in [-0.15, -0.1) is 0 Å². The number of hydrogen-bond acceptors (Lipinski definition) is 8. The first kappa shape index (κ1) is 22.7. The third-order valence-electron chi connectivity index (χ3n) is 5.77. The fraction of sp³-hybridized carbons (Fsp3) is 0.200. The fourth-order valence-corrected chi connectivity index (χ4v) is 5.17. The maximum Gasteiger partial charge on any atom is 0.301 e. The largest absolute Gasteiger partial charge is 0.507 e. The molecular formula is C25H19FN2O6S. The predicted octanol–water partition coefficient (Wildman–Crippen LogP) is 4.19. The van der Waals surface area contributed by atoms with Crippen molar-refractivity contribution in [2.75, 3.05) is 18.1 Å². The number of benzene rings is 2. The second-order valence-corrected chi connectivity index (χ2v) is 8.99. The molecule has 1 atom stereocenters. The number of rotatable bonds is 4. The Morgan fingerprint density at radius 3 is 2.54 bits per heavy atom. The second kappa shape index (κ2) is 8.62. The lowest BCUT2D eigenvalue weighted by molar-refractivity contribution is -0.132. The molecule has 0 aliphatic carbocycles. The van der Waals surface area contributed by atoms with Crippen LogP contribution in [0.5, 0.6) is 11.5 Å². The molecule has 8 nitrogen and oxygen atoms in total. The number of amides is 1. The summed E-state index contributed by atoms with van der Waals surface area (Å²) >= 11 is 0.932. The molecule has 35 heavy (non-hydrogen) atoms. The summed E-state index contributed by atoms with van der Waals surface area (Å²) in [6, 6.07) is 8.99. The van der Waals surface area contributed by atoms with Crippen molar-refractivity contribution in [3.8, 4) is 11.5 Å². The number of aromatic nitrogens is 1. The molecule has 0 saturated carbocycles. The molecule has 1 unspecified atom stereocenters. The van der Waals surface area contributed by atoms with E-state index in [1.54, 1.807) is 19.1 Å². The Hall–Kier alpha value is -4.05. The lowest BCUT2D eigenvalue weighted by Crippen LogP contribution is -2.29. The number of anilines is 1. The van der Waals surface area contributed by atoms with Gasteiger partial charge in [-0.2, -0.15) is 0 Å². The molecule has 1 saturated heterocycles. The number of hydrogen-bond donors (Lipinski definition) is 1. The molecule has 1 N–H and O–H groups in total. The number of thiazole rings is 1. The van der Waals surface area contributed by atoms with E-state index in [1.807, 2.05) is 0 Å². The van der Waals surface area contributed by atoms with Gasteiger partial charge in [0.25, 0.3) is 5.78 Å². The summed E-state index contributed by atoms with van der Waals surface area (Å²) in [5.74, 6) is -2.54. The van der Waals surface area contributed by atoms with Gasteiger partial charge in [-0.3, -0.25) is 19.3 Å². The van der Waals surface area contributed by atoms with Crippen LogP contribution in [0.2, 0.25) is 0 Å². The van der Waals surface area contributed by atoms with Gasteiger partial charge in [0.2, 0.25) is 0 Å². The van der Waals surface area contributed by atoms with Gasteiger partial charge in [0.1, 0.15) is 30.8 Å². The summed E-state index contributed by atoms with van der Waals surface area (Å²) in [5, 5.41) is 11.3. The Morgan fingerprint density at radius 1 is 1.14 bits per heavy atom. The summed E-state index contributed by atoms with van der Waals surface area (Å²) in [5.41, 5.74) is 0.295. The van der Waals surface area contributed by atoms with Crippen LogP contribution in [-0.4, -0.2) is 40.8 Å². The van der Waals surface area contributed by atoms with Crippen molar-refractivity contribution in [2.24, 2.45) is 0 Å². The van der Waals surface area contributed by atoms with Crippen LogP contribution in [0.25, 0.3) is 5.76 Å². The summed E-state index contributed by atoms with van der Waals surface area (Å²) in [4.78, 5) is 44.1. The van der Waals surface area contributed by atoms with E-state index in [0.29, 0.717) is 35.3 Å². The van der Waals surface area contributed by atoms with Gasteiger partial charge < -0.3 is 14.6 Å². The first-order valence-corrected chi connectivity index (χ1v) is 11.5. The van der Waals surface area contributed by atoms with E-state index in [1.165, 1.54) is 37.3 Å². The number of carbonyl (C=O) groups excluding carboxylic acids is 3. The second-order valence-electron chi connectivity index (χ2n) is 8.02. The zero-order chi connectivity index (χ0) is 24.9. The average Bonchev–Trinajstić information content (AvgIpc) is 3.35. The number of carbonyl (C=O) groups is 3. The molecule has 10 heteroatoms. The Bertz CT molecular complexity index is 1430. The third-order valence-corrected chi connectivity index (χ3v) is 7.03. The summed E-state index contributed by atoms with van der Waals surface area (Å²) < 4.78 is 26.1. The minimum Gasteiger partial charge on any atom is -0.507 e. The normalized spacial score (nSPS) is 18.7. The van der Waals surface area contributed by atoms with E-state index in [-0.39, 0.29) is 27.6 Å². The molecular weight excluding hydrogens is 475 g/mol. The molecule has 3 aromatic rings. The van der Waals surface area contributed by atoms with Crippen LogP contribution >= 0.6 is 11.3 Å². The van der Waals surface area contributed by atoms with Gasteiger partial charge in [-0.05, 0) is 31.2 Å². The third kappa shape index (κ3) is 3.75. The summed E-state index contributed by atoms with van der Waals surface area (Å²) in [7, 11) is 0. The standard InChI is InChI=1S/C25H19FN2O6S/c1-12-23(13(2)29)35-25(27-12)28-20(15-5-3-4-6-16(15)26)19(22(31)24(28)32)21(30)14-7-8-17-18(11-14)34-10-9-33-17/h3-8,11,20,30H,9-10H2,1-2H3/b21-19+. The fourth-order valence-electron chi connectivity index (χ4n) is 4.18. The molecule has 2 aromatic carbocycles. The topological polar surface area (TPSA) is 106 Å². The Kier molecular flexibility index (Phi) is 5.60. The minimum absolute atomic E-state index is 0.00280. The van der Waals surface area contributed by atoms with Gasteiger partial charge in [-0.1, -0.05) is 29.5 Å². The van der Waals surface area contributed by atoms with E-state index in [9.17, 15) is 19.5 Å². The number of aliphatic hydroxyl groups is 1. The smallest absolute Gasteiger partial charge is 0.301 e. The number of ketones is 2. The van der Waals surface area contributed by atoms with E-state index in [0.717, 1.165) is 16.2 Å². The maximum atomic E-state index is 15.0. The highest BCUT2D eigenvalue weighted by atomic mass is 32.1. The summed E-state index contributed by atoms with van der Waals surface area (Å²) in [6.45, 7) is 3.68. The molecule has 2 aliphatic rings. The molecule has 2 aliphatic heterocycles. The number of Topliss-reactive ketones (excluding diaryl/α,β-unsaturated/α-hetero) is 2. The van der Waals surface area contributed by atoms with Gasteiger partial charge >= 0.3 is 5.91 Å². The number of aliphatic hydroxyl groups excluding tert-OH is 1. The van der Waals surface area contributed by atoms with E-state index in [4.69, 9.17) is 9.47 Å². The van der Waals surface area contributed by atoms with Crippen LogP contribution in [0, 0.1) is 12.7 Å². The highest BCUT2D eigenvalue weighted by Crippen LogP contribution is 2.45. The number of aryl methyl sites for hydroxylation is 1. The maximum absolute atomic E-state index is 15.0. The first-order chi connectivity index (χ1) is 16.8. The molecule has 1 fully saturated rings. The molecule has 0 radical (unpaired) electrons. The quantitative estimate of drug-likeness (QED) is 0.251. The van der Waals surface area contributed by atoms with Crippen molar-refractivity contribution in [2.45, 2.75) is 19.9 Å². The highest BCUT2D eigenvalue weighted by molar-refractivity contribution is 7.18. The monoisotopic (exact) mass is 494 g/mol. The highest BCUT2D eigenvalue weighted by Gasteiger charge is 2.49. The molecule has 3 heterocycles. The van der Waals surface area contributed by atoms with Gasteiger partial charge in [0, 0.05) is 18.1 Å². The van der Waals surface area contributed by atoms with E-state index in [2.05, 4.69) is 4.98 Å².